The smallest absolute Gasteiger partial charge is 0.134 e. The van der Waals surface area contributed by atoms with Crippen LogP contribution in [0.1, 0.15) is 32.8 Å². The first-order valence-electron chi connectivity index (χ1n) is 7.42. The molecule has 5 heteroatoms. The number of nitrogens with one attached hydrogen (secondary N) is 2. The van der Waals surface area contributed by atoms with E-state index in [2.05, 4.69) is 67.3 Å². The summed E-state index contributed by atoms with van der Waals surface area (Å²) in [5, 5.41) is 6.91. The molecule has 0 spiro atoms. The van der Waals surface area contributed by atoms with Crippen LogP contribution in [-0.4, -0.2) is 48.1 Å². The predicted molar refractivity (Wildman–Crippen MR) is 86.4 cm³/mol. The minimum atomic E-state index is 0.373. The molecular weight excluding hydrogens is 250 g/mol. The molecule has 0 aliphatic rings. The van der Waals surface area contributed by atoms with Crippen LogP contribution in [0.3, 0.4) is 0 Å². The minimum absolute atomic E-state index is 0.373. The van der Waals surface area contributed by atoms with E-state index in [4.69, 9.17) is 0 Å². The summed E-state index contributed by atoms with van der Waals surface area (Å²) in [7, 11) is 4.19. The van der Waals surface area contributed by atoms with Crippen molar-refractivity contribution in [1.82, 2.24) is 14.9 Å². The Labute approximate surface area is 123 Å². The molecule has 0 fully saturated rings. The van der Waals surface area contributed by atoms with Crippen LogP contribution in [0, 0.1) is 12.8 Å². The van der Waals surface area contributed by atoms with Crippen LogP contribution < -0.4 is 10.6 Å². The summed E-state index contributed by atoms with van der Waals surface area (Å²) in [6.45, 7) is 10.6. The van der Waals surface area contributed by atoms with Gasteiger partial charge in [-0.25, -0.2) is 9.97 Å². The average molecular weight is 279 g/mol. The third kappa shape index (κ3) is 4.96. The fraction of sp³-hybridized carbons (Fsp3) is 0.733. The molecule has 0 saturated carbocycles. The molecule has 0 aromatic carbocycles. The van der Waals surface area contributed by atoms with E-state index in [0.717, 1.165) is 36.7 Å². The Bertz CT molecular complexity index is 403. The molecule has 1 rings (SSSR count). The number of anilines is 2. The fourth-order valence-corrected chi connectivity index (χ4v) is 2.01. The lowest BCUT2D eigenvalue weighted by molar-refractivity contribution is 0.344. The van der Waals surface area contributed by atoms with Gasteiger partial charge in [0.25, 0.3) is 0 Å². The van der Waals surface area contributed by atoms with Gasteiger partial charge in [-0.05, 0) is 33.4 Å². The Hall–Kier alpha value is -1.36. The predicted octanol–water partition coefficient (Wildman–Crippen LogP) is 2.61. The Balaban J connectivity index is 2.84. The Kier molecular flexibility index (Phi) is 6.71. The first kappa shape index (κ1) is 16.7. The first-order chi connectivity index (χ1) is 9.45. The molecule has 1 atom stereocenters. The molecule has 1 unspecified atom stereocenters. The molecule has 0 aliphatic heterocycles. The number of rotatable bonds is 8. The highest BCUT2D eigenvalue weighted by atomic mass is 15.1. The van der Waals surface area contributed by atoms with Gasteiger partial charge in [-0.15, -0.1) is 0 Å². The van der Waals surface area contributed by atoms with E-state index in [1.165, 1.54) is 0 Å². The first-order valence-corrected chi connectivity index (χ1v) is 7.42. The van der Waals surface area contributed by atoms with Gasteiger partial charge in [-0.3, -0.25) is 0 Å². The largest absolute Gasteiger partial charge is 0.370 e. The van der Waals surface area contributed by atoms with Gasteiger partial charge in [0.05, 0.1) is 0 Å². The van der Waals surface area contributed by atoms with Crippen LogP contribution in [0.4, 0.5) is 11.6 Å². The SMILES string of the molecule is CCCNc1ncnc(NC(CN(C)C)C(C)C)c1C. The molecule has 1 aromatic rings. The third-order valence-corrected chi connectivity index (χ3v) is 3.32. The van der Waals surface area contributed by atoms with Crippen LogP contribution in [-0.2, 0) is 0 Å². The van der Waals surface area contributed by atoms with E-state index in [1.54, 1.807) is 6.33 Å². The second-order valence-corrected chi connectivity index (χ2v) is 5.88. The maximum atomic E-state index is 4.40. The molecule has 0 radical (unpaired) electrons. The molecule has 0 saturated heterocycles. The van der Waals surface area contributed by atoms with Crippen molar-refractivity contribution in [3.05, 3.63) is 11.9 Å². The van der Waals surface area contributed by atoms with Crippen molar-refractivity contribution in [3.63, 3.8) is 0 Å². The molecule has 1 aromatic heterocycles. The normalized spacial score (nSPS) is 12.8. The summed E-state index contributed by atoms with van der Waals surface area (Å²) in [5.74, 6) is 2.40. The van der Waals surface area contributed by atoms with Crippen LogP contribution in [0.15, 0.2) is 6.33 Å². The Morgan fingerprint density at radius 3 is 2.40 bits per heavy atom. The van der Waals surface area contributed by atoms with Crippen LogP contribution >= 0.6 is 0 Å². The second-order valence-electron chi connectivity index (χ2n) is 5.88. The average Bonchev–Trinajstić information content (AvgIpc) is 2.38. The number of likely N-dealkylation sites (N-methyl/N-ethyl adjacent to an activating group) is 1. The van der Waals surface area contributed by atoms with Gasteiger partial charge in [0.2, 0.25) is 0 Å². The Morgan fingerprint density at radius 1 is 1.20 bits per heavy atom. The molecule has 0 bridgehead atoms. The number of hydrogen-bond donors (Lipinski definition) is 2. The van der Waals surface area contributed by atoms with Crippen molar-refractivity contribution in [2.24, 2.45) is 5.92 Å². The standard InChI is InChI=1S/C15H29N5/c1-7-8-16-14-12(4)15(18-10-17-14)19-13(11(2)3)9-20(5)6/h10-11,13H,7-9H2,1-6H3,(H2,16,17,18,19). The quantitative estimate of drug-likeness (QED) is 0.766. The van der Waals surface area contributed by atoms with E-state index >= 15 is 0 Å². The molecule has 114 valence electrons. The highest BCUT2D eigenvalue weighted by Crippen LogP contribution is 2.20. The van der Waals surface area contributed by atoms with E-state index in [0.29, 0.717) is 12.0 Å². The van der Waals surface area contributed by atoms with Gasteiger partial charge in [-0.2, -0.15) is 0 Å². The maximum Gasteiger partial charge on any atom is 0.134 e. The van der Waals surface area contributed by atoms with Gasteiger partial charge >= 0.3 is 0 Å². The summed E-state index contributed by atoms with van der Waals surface area (Å²) in [5.41, 5.74) is 1.09. The van der Waals surface area contributed by atoms with Gasteiger partial charge in [0.15, 0.2) is 0 Å². The second kappa shape index (κ2) is 8.04. The van der Waals surface area contributed by atoms with Crippen LogP contribution in [0.2, 0.25) is 0 Å². The van der Waals surface area contributed by atoms with Crippen LogP contribution in [0.25, 0.3) is 0 Å². The summed E-state index contributed by atoms with van der Waals surface area (Å²) in [4.78, 5) is 10.9. The van der Waals surface area contributed by atoms with Gasteiger partial charge in [0, 0.05) is 24.7 Å². The highest BCUT2D eigenvalue weighted by molar-refractivity contribution is 5.56. The number of hydrogen-bond acceptors (Lipinski definition) is 5. The van der Waals surface area contributed by atoms with Crippen molar-refractivity contribution in [2.75, 3.05) is 37.8 Å². The highest BCUT2D eigenvalue weighted by Gasteiger charge is 2.16. The molecule has 0 aliphatic carbocycles. The van der Waals surface area contributed by atoms with Gasteiger partial charge in [0.1, 0.15) is 18.0 Å². The van der Waals surface area contributed by atoms with Crippen molar-refractivity contribution in [2.45, 2.75) is 40.2 Å². The lowest BCUT2D eigenvalue weighted by atomic mass is 10.0. The van der Waals surface area contributed by atoms with E-state index < -0.39 is 0 Å². The number of aromatic nitrogens is 2. The monoisotopic (exact) mass is 279 g/mol. The van der Waals surface area contributed by atoms with E-state index in [9.17, 15) is 0 Å². The summed E-state index contributed by atoms with van der Waals surface area (Å²) >= 11 is 0. The van der Waals surface area contributed by atoms with Crippen molar-refractivity contribution >= 4 is 11.6 Å². The molecule has 2 N–H and O–H groups in total. The number of nitrogens with zero attached hydrogens (tertiary/aromatic N) is 3. The van der Waals surface area contributed by atoms with Crippen molar-refractivity contribution < 1.29 is 0 Å². The zero-order valence-electron chi connectivity index (χ0n) is 13.7. The van der Waals surface area contributed by atoms with Crippen molar-refractivity contribution in [1.29, 1.82) is 0 Å². The molecule has 1 heterocycles. The molecule has 0 amide bonds. The van der Waals surface area contributed by atoms with Gasteiger partial charge < -0.3 is 15.5 Å². The zero-order valence-corrected chi connectivity index (χ0v) is 13.7. The van der Waals surface area contributed by atoms with Crippen molar-refractivity contribution in [3.8, 4) is 0 Å². The lowest BCUT2D eigenvalue weighted by Crippen LogP contribution is -2.37. The van der Waals surface area contributed by atoms with E-state index in [-0.39, 0.29) is 0 Å². The topological polar surface area (TPSA) is 53.1 Å². The van der Waals surface area contributed by atoms with E-state index in [1.807, 2.05) is 0 Å². The summed E-state index contributed by atoms with van der Waals surface area (Å²) < 4.78 is 0. The molecule has 20 heavy (non-hydrogen) atoms. The Morgan fingerprint density at radius 2 is 1.85 bits per heavy atom. The fourth-order valence-electron chi connectivity index (χ4n) is 2.01. The summed E-state index contributed by atoms with van der Waals surface area (Å²) in [6.07, 6.45) is 2.71. The van der Waals surface area contributed by atoms with Gasteiger partial charge in [-0.1, -0.05) is 20.8 Å². The minimum Gasteiger partial charge on any atom is -0.370 e. The maximum absolute atomic E-state index is 4.40. The molecule has 5 nitrogen and oxygen atoms in total. The zero-order chi connectivity index (χ0) is 15.1. The molecular formula is C15H29N5. The third-order valence-electron chi connectivity index (χ3n) is 3.32. The lowest BCUT2D eigenvalue weighted by Gasteiger charge is -2.27. The van der Waals surface area contributed by atoms with Crippen LogP contribution in [0.5, 0.6) is 0 Å². The summed E-state index contributed by atoms with van der Waals surface area (Å²) in [6, 6.07) is 0.373.